The Morgan fingerprint density at radius 3 is 2.88 bits per heavy atom. The number of aromatic carboxylic acids is 1. The van der Waals surface area contributed by atoms with Crippen molar-refractivity contribution in [1.29, 1.82) is 0 Å². The van der Waals surface area contributed by atoms with Crippen LogP contribution in [0.1, 0.15) is 48.8 Å². The molecular weight excluding hydrogens is 206 g/mol. The fraction of sp³-hybridized carbons (Fsp3) is 0.636. The lowest BCUT2D eigenvalue weighted by atomic mass is 10.2. The quantitative estimate of drug-likeness (QED) is 0.792. The number of carboxylic acids is 1. The highest BCUT2D eigenvalue weighted by Gasteiger charge is 2.23. The van der Waals surface area contributed by atoms with Crippen molar-refractivity contribution < 1.29 is 9.90 Å². The standard InChI is InChI=1S/C11H17N3O2/c1-7(2)14-10(6-12-8-3-4-8)9(5-13-14)11(15)16/h5,7-8,12H,3-4,6H2,1-2H3,(H,15,16). The molecule has 1 heterocycles. The number of carboxylic acid groups (broad SMARTS) is 1. The van der Waals surface area contributed by atoms with Gasteiger partial charge in [-0.3, -0.25) is 4.68 Å². The number of hydrogen-bond donors (Lipinski definition) is 2. The first-order valence-corrected chi connectivity index (χ1v) is 5.62. The van der Waals surface area contributed by atoms with E-state index >= 15 is 0 Å². The molecule has 0 aromatic carbocycles. The Morgan fingerprint density at radius 2 is 2.38 bits per heavy atom. The van der Waals surface area contributed by atoms with Crippen molar-refractivity contribution in [3.63, 3.8) is 0 Å². The lowest BCUT2D eigenvalue weighted by Crippen LogP contribution is -2.21. The van der Waals surface area contributed by atoms with Gasteiger partial charge in [-0.1, -0.05) is 0 Å². The van der Waals surface area contributed by atoms with Crippen molar-refractivity contribution in [3.8, 4) is 0 Å². The summed E-state index contributed by atoms with van der Waals surface area (Å²) in [4.78, 5) is 11.0. The van der Waals surface area contributed by atoms with Gasteiger partial charge in [-0.15, -0.1) is 0 Å². The van der Waals surface area contributed by atoms with Crippen LogP contribution in [0, 0.1) is 0 Å². The van der Waals surface area contributed by atoms with Crippen LogP contribution in [0.3, 0.4) is 0 Å². The number of nitrogens with one attached hydrogen (secondary N) is 1. The van der Waals surface area contributed by atoms with Gasteiger partial charge in [0.15, 0.2) is 0 Å². The topological polar surface area (TPSA) is 67.2 Å². The summed E-state index contributed by atoms with van der Waals surface area (Å²) in [6.07, 6.45) is 3.82. The van der Waals surface area contributed by atoms with Crippen LogP contribution in [-0.4, -0.2) is 26.9 Å². The van der Waals surface area contributed by atoms with Gasteiger partial charge in [0.05, 0.1) is 11.9 Å². The van der Waals surface area contributed by atoms with Crippen LogP contribution in [0.4, 0.5) is 0 Å². The molecule has 1 aliphatic rings. The van der Waals surface area contributed by atoms with Gasteiger partial charge in [-0.2, -0.15) is 5.10 Å². The molecule has 0 bridgehead atoms. The van der Waals surface area contributed by atoms with Gasteiger partial charge in [-0.05, 0) is 26.7 Å². The minimum Gasteiger partial charge on any atom is -0.478 e. The fourth-order valence-electron chi connectivity index (χ4n) is 1.72. The van der Waals surface area contributed by atoms with Gasteiger partial charge in [0.1, 0.15) is 5.56 Å². The Bertz CT molecular complexity index is 394. The third-order valence-electron chi connectivity index (χ3n) is 2.75. The molecule has 5 nitrogen and oxygen atoms in total. The molecule has 0 unspecified atom stereocenters. The predicted octanol–water partition coefficient (Wildman–Crippen LogP) is 1.41. The SMILES string of the molecule is CC(C)n1ncc(C(=O)O)c1CNC1CC1. The van der Waals surface area contributed by atoms with Crippen LogP contribution >= 0.6 is 0 Å². The number of rotatable bonds is 5. The highest BCUT2D eigenvalue weighted by molar-refractivity contribution is 5.88. The number of carbonyl (C=O) groups is 1. The lowest BCUT2D eigenvalue weighted by Gasteiger charge is -2.12. The fourth-order valence-corrected chi connectivity index (χ4v) is 1.72. The number of hydrogen-bond acceptors (Lipinski definition) is 3. The Hall–Kier alpha value is -1.36. The Morgan fingerprint density at radius 1 is 1.69 bits per heavy atom. The van der Waals surface area contributed by atoms with Crippen LogP contribution in [0.2, 0.25) is 0 Å². The summed E-state index contributed by atoms with van der Waals surface area (Å²) in [5.74, 6) is -0.903. The van der Waals surface area contributed by atoms with E-state index in [0.29, 0.717) is 18.2 Å². The molecule has 88 valence electrons. The average molecular weight is 223 g/mol. The number of aromatic nitrogens is 2. The van der Waals surface area contributed by atoms with Gasteiger partial charge in [0.25, 0.3) is 0 Å². The highest BCUT2D eigenvalue weighted by Crippen LogP contribution is 2.21. The van der Waals surface area contributed by atoms with E-state index in [0.717, 1.165) is 5.69 Å². The van der Waals surface area contributed by atoms with E-state index in [4.69, 9.17) is 5.11 Å². The van der Waals surface area contributed by atoms with Crippen molar-refractivity contribution in [2.24, 2.45) is 0 Å². The van der Waals surface area contributed by atoms with Crippen molar-refractivity contribution in [2.45, 2.75) is 45.3 Å². The van der Waals surface area contributed by atoms with Crippen LogP contribution in [-0.2, 0) is 6.54 Å². The monoisotopic (exact) mass is 223 g/mol. The molecule has 0 radical (unpaired) electrons. The molecule has 1 aromatic rings. The molecule has 0 spiro atoms. The summed E-state index contributed by atoms with van der Waals surface area (Å²) < 4.78 is 1.78. The molecule has 0 atom stereocenters. The Kier molecular flexibility index (Phi) is 2.96. The molecule has 2 rings (SSSR count). The first-order chi connectivity index (χ1) is 7.59. The molecule has 2 N–H and O–H groups in total. The first kappa shape index (κ1) is 11.1. The van der Waals surface area contributed by atoms with Gasteiger partial charge in [0, 0.05) is 18.6 Å². The maximum absolute atomic E-state index is 11.0. The maximum atomic E-state index is 11.0. The van der Waals surface area contributed by atoms with Crippen molar-refractivity contribution in [2.75, 3.05) is 0 Å². The highest BCUT2D eigenvalue weighted by atomic mass is 16.4. The molecule has 16 heavy (non-hydrogen) atoms. The zero-order chi connectivity index (χ0) is 11.7. The van der Waals surface area contributed by atoms with E-state index in [-0.39, 0.29) is 6.04 Å². The van der Waals surface area contributed by atoms with Gasteiger partial charge in [0.2, 0.25) is 0 Å². The van der Waals surface area contributed by atoms with E-state index in [2.05, 4.69) is 10.4 Å². The third-order valence-corrected chi connectivity index (χ3v) is 2.75. The average Bonchev–Trinajstić information content (AvgIpc) is 2.92. The molecule has 0 saturated heterocycles. The predicted molar refractivity (Wildman–Crippen MR) is 59.4 cm³/mol. The van der Waals surface area contributed by atoms with E-state index < -0.39 is 5.97 Å². The normalized spacial score (nSPS) is 15.7. The zero-order valence-corrected chi connectivity index (χ0v) is 9.60. The summed E-state index contributed by atoms with van der Waals surface area (Å²) in [7, 11) is 0. The second-order valence-corrected chi connectivity index (χ2v) is 4.50. The zero-order valence-electron chi connectivity index (χ0n) is 9.60. The van der Waals surface area contributed by atoms with E-state index in [1.54, 1.807) is 4.68 Å². The molecule has 0 amide bonds. The molecule has 1 fully saturated rings. The lowest BCUT2D eigenvalue weighted by molar-refractivity contribution is 0.0695. The second-order valence-electron chi connectivity index (χ2n) is 4.50. The van der Waals surface area contributed by atoms with Crippen LogP contribution in [0.25, 0.3) is 0 Å². The van der Waals surface area contributed by atoms with Crippen molar-refractivity contribution in [3.05, 3.63) is 17.5 Å². The third kappa shape index (κ3) is 2.24. The Balaban J connectivity index is 2.20. The molecule has 5 heteroatoms. The molecule has 1 aliphatic carbocycles. The second kappa shape index (κ2) is 4.25. The molecule has 1 aromatic heterocycles. The minimum absolute atomic E-state index is 0.184. The summed E-state index contributed by atoms with van der Waals surface area (Å²) in [5, 5.41) is 16.5. The van der Waals surface area contributed by atoms with Crippen LogP contribution in [0.5, 0.6) is 0 Å². The van der Waals surface area contributed by atoms with Gasteiger partial charge < -0.3 is 10.4 Å². The van der Waals surface area contributed by atoms with E-state index in [1.165, 1.54) is 19.0 Å². The van der Waals surface area contributed by atoms with Gasteiger partial charge in [-0.25, -0.2) is 4.79 Å². The summed E-state index contributed by atoms with van der Waals surface area (Å²) in [6, 6.07) is 0.751. The van der Waals surface area contributed by atoms with Gasteiger partial charge >= 0.3 is 5.97 Å². The minimum atomic E-state index is -0.903. The molecule has 1 saturated carbocycles. The largest absolute Gasteiger partial charge is 0.478 e. The van der Waals surface area contributed by atoms with Crippen molar-refractivity contribution >= 4 is 5.97 Å². The summed E-state index contributed by atoms with van der Waals surface area (Å²) in [5.41, 5.74) is 1.08. The smallest absolute Gasteiger partial charge is 0.339 e. The maximum Gasteiger partial charge on any atom is 0.339 e. The Labute approximate surface area is 94.5 Å². The van der Waals surface area contributed by atoms with E-state index in [1.807, 2.05) is 13.8 Å². The van der Waals surface area contributed by atoms with Crippen LogP contribution in [0.15, 0.2) is 6.20 Å². The molecule has 0 aliphatic heterocycles. The van der Waals surface area contributed by atoms with E-state index in [9.17, 15) is 4.79 Å². The summed E-state index contributed by atoms with van der Waals surface area (Å²) in [6.45, 7) is 4.59. The van der Waals surface area contributed by atoms with Crippen LogP contribution < -0.4 is 5.32 Å². The summed E-state index contributed by atoms with van der Waals surface area (Å²) >= 11 is 0. The molecular formula is C11H17N3O2. The van der Waals surface area contributed by atoms with Crippen molar-refractivity contribution in [1.82, 2.24) is 15.1 Å². The number of nitrogens with zero attached hydrogens (tertiary/aromatic N) is 2. The first-order valence-electron chi connectivity index (χ1n) is 5.62.